The van der Waals surface area contributed by atoms with Gasteiger partial charge in [-0.15, -0.1) is 0 Å². The van der Waals surface area contributed by atoms with Crippen molar-refractivity contribution in [3.05, 3.63) is 12.5 Å². The molecule has 10 nitrogen and oxygen atoms in total. The second-order valence-corrected chi connectivity index (χ2v) is 9.07. The van der Waals surface area contributed by atoms with Gasteiger partial charge in [-0.1, -0.05) is 5.09 Å². The van der Waals surface area contributed by atoms with E-state index < -0.39 is 25.1 Å². The summed E-state index contributed by atoms with van der Waals surface area (Å²) in [5, 5.41) is 2.81. The lowest BCUT2D eigenvalue weighted by Gasteiger charge is -2.20. The molecule has 2 aromatic heterocycles. The maximum absolute atomic E-state index is 12.4. The number of carbonyl (C=O) groups is 1. The second kappa shape index (κ2) is 7.69. The van der Waals surface area contributed by atoms with Crippen LogP contribution in [-0.2, 0) is 25.4 Å². The smallest absolute Gasteiger partial charge is 0.461 e. The summed E-state index contributed by atoms with van der Waals surface area (Å²) >= 11 is 0. The predicted octanol–water partition coefficient (Wildman–Crippen LogP) is 1.98. The van der Waals surface area contributed by atoms with E-state index in [1.54, 1.807) is 40.2 Å². The minimum atomic E-state index is -1.95. The summed E-state index contributed by atoms with van der Waals surface area (Å²) in [6.07, 6.45) is 4.70. The molecule has 2 heterocycles. The summed E-state index contributed by atoms with van der Waals surface area (Å²) in [4.78, 5) is 24.5. The number of aromatic nitrogens is 4. The summed E-state index contributed by atoms with van der Waals surface area (Å²) in [5.41, 5.74) is 5.48. The van der Waals surface area contributed by atoms with Crippen molar-refractivity contribution in [1.29, 1.82) is 0 Å². The van der Waals surface area contributed by atoms with Crippen LogP contribution in [0.1, 0.15) is 40.5 Å². The third kappa shape index (κ3) is 4.81. The molecule has 0 spiro atoms. The van der Waals surface area contributed by atoms with Gasteiger partial charge in [0.1, 0.15) is 5.52 Å². The molecule has 3 N–H and O–H groups in total. The highest BCUT2D eigenvalue weighted by Crippen LogP contribution is 2.43. The Bertz CT molecular complexity index is 893. The molecule has 1 aliphatic carbocycles. The standard InChI is InChI=1S/C17H26N6O4P/c1-11(2)27-14(24)16(3,4)22-28(25)10-26-17(5-6-17)8-23-9-20-12-7-19-15(18)21-13(12)23/h7,9,11H,5-6,8,10H2,1-4H3,(H,22,25)(H2,18,19,21)/q+1. The van der Waals surface area contributed by atoms with Crippen LogP contribution in [-0.4, -0.2) is 49.1 Å². The van der Waals surface area contributed by atoms with Crippen LogP contribution in [0.5, 0.6) is 0 Å². The highest BCUT2D eigenvalue weighted by Gasteiger charge is 2.47. The topological polar surface area (TPSA) is 134 Å². The van der Waals surface area contributed by atoms with Gasteiger partial charge in [0.05, 0.1) is 30.8 Å². The monoisotopic (exact) mass is 409 g/mol. The van der Waals surface area contributed by atoms with E-state index in [4.69, 9.17) is 15.2 Å². The molecule has 3 rings (SSSR count). The van der Waals surface area contributed by atoms with E-state index in [2.05, 4.69) is 20.0 Å². The van der Waals surface area contributed by atoms with E-state index in [1.165, 1.54) is 0 Å². The van der Waals surface area contributed by atoms with Crippen LogP contribution < -0.4 is 10.8 Å². The van der Waals surface area contributed by atoms with Gasteiger partial charge in [-0.05, 0) is 45.1 Å². The fraction of sp³-hybridized carbons (Fsp3) is 0.647. The van der Waals surface area contributed by atoms with Gasteiger partial charge in [0.15, 0.2) is 11.2 Å². The van der Waals surface area contributed by atoms with Gasteiger partial charge in [0, 0.05) is 0 Å². The van der Waals surface area contributed by atoms with Crippen LogP contribution >= 0.6 is 7.95 Å². The van der Waals surface area contributed by atoms with Gasteiger partial charge in [-0.25, -0.2) is 14.8 Å². The first-order valence-electron chi connectivity index (χ1n) is 9.11. The molecule has 1 saturated carbocycles. The van der Waals surface area contributed by atoms with Crippen molar-refractivity contribution in [3.63, 3.8) is 0 Å². The number of hydrogen-bond donors (Lipinski definition) is 2. The van der Waals surface area contributed by atoms with Crippen LogP contribution in [0, 0.1) is 0 Å². The first-order chi connectivity index (χ1) is 13.1. The largest absolute Gasteiger partial charge is 0.462 e. The van der Waals surface area contributed by atoms with E-state index in [1.807, 2.05) is 4.57 Å². The van der Waals surface area contributed by atoms with Crippen LogP contribution in [0.15, 0.2) is 12.5 Å². The zero-order chi connectivity index (χ0) is 20.5. The molecule has 1 fully saturated rings. The maximum Gasteiger partial charge on any atom is 0.461 e. The maximum atomic E-state index is 12.4. The lowest BCUT2D eigenvalue weighted by molar-refractivity contribution is -0.153. The van der Waals surface area contributed by atoms with Crippen LogP contribution in [0.25, 0.3) is 11.2 Å². The zero-order valence-corrected chi connectivity index (χ0v) is 17.4. The molecular formula is C17H26N6O4P+. The van der Waals surface area contributed by atoms with Gasteiger partial charge in [0.25, 0.3) is 6.35 Å². The Morgan fingerprint density at radius 3 is 2.79 bits per heavy atom. The fourth-order valence-electron chi connectivity index (χ4n) is 2.73. The molecule has 28 heavy (non-hydrogen) atoms. The number of esters is 1. The Kier molecular flexibility index (Phi) is 5.65. The summed E-state index contributed by atoms with van der Waals surface area (Å²) in [6.45, 7) is 7.35. The number of nitrogens with one attached hydrogen (secondary N) is 1. The Balaban J connectivity index is 1.57. The average Bonchev–Trinajstić information content (AvgIpc) is 3.26. The Hall–Kier alpha value is -2.16. The number of rotatable bonds is 9. The number of hydrogen-bond acceptors (Lipinski definition) is 8. The molecule has 0 saturated heterocycles. The minimum absolute atomic E-state index is 0.00251. The number of carbonyl (C=O) groups excluding carboxylic acids is 1. The lowest BCUT2D eigenvalue weighted by Crippen LogP contribution is -2.45. The van der Waals surface area contributed by atoms with E-state index in [0.717, 1.165) is 12.8 Å². The van der Waals surface area contributed by atoms with E-state index in [-0.39, 0.29) is 18.4 Å². The zero-order valence-electron chi connectivity index (χ0n) is 16.5. The summed E-state index contributed by atoms with van der Waals surface area (Å²) in [7, 11) is -1.95. The number of anilines is 1. The quantitative estimate of drug-likeness (QED) is 0.471. The Morgan fingerprint density at radius 2 is 2.14 bits per heavy atom. The number of imidazole rings is 1. The molecule has 1 atom stereocenters. The third-order valence-electron chi connectivity index (χ3n) is 4.39. The highest BCUT2D eigenvalue weighted by atomic mass is 31.1. The van der Waals surface area contributed by atoms with Gasteiger partial charge in [0.2, 0.25) is 5.95 Å². The third-order valence-corrected chi connectivity index (χ3v) is 5.56. The highest BCUT2D eigenvalue weighted by molar-refractivity contribution is 7.42. The number of fused-ring (bicyclic) bond motifs is 1. The Labute approximate surface area is 164 Å². The molecule has 0 amide bonds. The first kappa shape index (κ1) is 20.6. The van der Waals surface area contributed by atoms with Crippen molar-refractivity contribution in [1.82, 2.24) is 24.6 Å². The minimum Gasteiger partial charge on any atom is -0.462 e. The van der Waals surface area contributed by atoms with Crippen LogP contribution in [0.2, 0.25) is 0 Å². The van der Waals surface area contributed by atoms with Crippen molar-refractivity contribution < 1.29 is 18.8 Å². The van der Waals surface area contributed by atoms with Gasteiger partial charge in [-0.3, -0.25) is 0 Å². The van der Waals surface area contributed by atoms with E-state index >= 15 is 0 Å². The lowest BCUT2D eigenvalue weighted by atomic mass is 10.1. The molecule has 11 heteroatoms. The SMILES string of the molecule is CC(C)OC(=O)C(C)(C)N[P+](=O)COC1(Cn2cnc3cnc(N)nc32)CC1. The molecule has 2 aromatic rings. The molecule has 0 aromatic carbocycles. The number of ether oxygens (including phenoxy) is 2. The molecule has 1 aliphatic rings. The summed E-state index contributed by atoms with van der Waals surface area (Å²) in [6, 6.07) is 0. The first-order valence-corrected chi connectivity index (χ1v) is 10.6. The molecule has 0 bridgehead atoms. The fourth-order valence-corrected chi connectivity index (χ4v) is 3.90. The van der Waals surface area contributed by atoms with E-state index in [0.29, 0.717) is 17.7 Å². The summed E-state index contributed by atoms with van der Waals surface area (Å²) < 4.78 is 25.4. The summed E-state index contributed by atoms with van der Waals surface area (Å²) in [5.74, 6) is -0.267. The molecule has 0 aliphatic heterocycles. The number of nitrogens with two attached hydrogens (primary N) is 1. The number of nitrogens with zero attached hydrogens (tertiary/aromatic N) is 4. The molecular weight excluding hydrogens is 383 g/mol. The molecule has 1 unspecified atom stereocenters. The normalized spacial score (nSPS) is 16.4. The number of nitrogen functional groups attached to an aromatic ring is 1. The van der Waals surface area contributed by atoms with Crippen LogP contribution in [0.3, 0.4) is 0 Å². The second-order valence-electron chi connectivity index (χ2n) is 7.84. The molecule has 152 valence electrons. The van der Waals surface area contributed by atoms with Gasteiger partial charge in [-0.2, -0.15) is 4.98 Å². The predicted molar refractivity (Wildman–Crippen MR) is 104 cm³/mol. The van der Waals surface area contributed by atoms with Crippen molar-refractivity contribution in [3.8, 4) is 0 Å². The molecule has 0 radical (unpaired) electrons. The van der Waals surface area contributed by atoms with Crippen LogP contribution in [0.4, 0.5) is 5.95 Å². The van der Waals surface area contributed by atoms with Crippen molar-refractivity contribution in [2.75, 3.05) is 12.1 Å². The van der Waals surface area contributed by atoms with Crippen molar-refractivity contribution >= 4 is 31.0 Å². The average molecular weight is 409 g/mol. The van der Waals surface area contributed by atoms with Crippen molar-refractivity contribution in [2.24, 2.45) is 0 Å². The van der Waals surface area contributed by atoms with Gasteiger partial charge >= 0.3 is 13.9 Å². The van der Waals surface area contributed by atoms with Gasteiger partial charge < -0.3 is 19.8 Å². The van der Waals surface area contributed by atoms with Crippen molar-refractivity contribution in [2.45, 2.75) is 64.3 Å². The Morgan fingerprint density at radius 1 is 1.43 bits per heavy atom. The van der Waals surface area contributed by atoms with E-state index in [9.17, 15) is 9.36 Å².